The lowest BCUT2D eigenvalue weighted by atomic mass is 10.0. The van der Waals surface area contributed by atoms with Crippen molar-refractivity contribution < 1.29 is 24.0 Å². The summed E-state index contributed by atoms with van der Waals surface area (Å²) in [4.78, 5) is 34.8. The highest BCUT2D eigenvalue weighted by molar-refractivity contribution is 6.13. The minimum atomic E-state index is -0.888. The summed E-state index contributed by atoms with van der Waals surface area (Å²) in [5.41, 5.74) is 4.04. The number of nitrogens with one attached hydrogen (secondary N) is 1. The first kappa shape index (κ1) is 22.2. The van der Waals surface area contributed by atoms with Crippen molar-refractivity contribution in [2.24, 2.45) is 5.10 Å². The monoisotopic (exact) mass is 433 g/mol. The molecule has 0 saturated heterocycles. The smallest absolute Gasteiger partial charge is 0.338 e. The molecule has 3 aromatic carbocycles. The van der Waals surface area contributed by atoms with E-state index in [1.807, 2.05) is 60.7 Å². The van der Waals surface area contributed by atoms with Crippen molar-refractivity contribution in [3.8, 4) is 5.75 Å². The van der Waals surface area contributed by atoms with Crippen molar-refractivity contribution in [2.75, 3.05) is 13.7 Å². The SMILES string of the molecule is COc1ccc(C(=O)OCC(=O)NN=C(c2ccccc2)c2ccccc2)cc1[N+](=O)[O-]. The van der Waals surface area contributed by atoms with Gasteiger partial charge in [0.2, 0.25) is 0 Å². The second-order valence-electron chi connectivity index (χ2n) is 6.45. The van der Waals surface area contributed by atoms with E-state index in [2.05, 4.69) is 10.5 Å². The number of nitro groups is 1. The van der Waals surface area contributed by atoms with Crippen LogP contribution in [0.4, 0.5) is 5.69 Å². The fourth-order valence-corrected chi connectivity index (χ4v) is 2.81. The number of methoxy groups -OCH3 is 1. The molecule has 0 saturated carbocycles. The van der Waals surface area contributed by atoms with E-state index in [9.17, 15) is 19.7 Å². The van der Waals surface area contributed by atoms with E-state index in [0.29, 0.717) is 5.71 Å². The first-order valence-corrected chi connectivity index (χ1v) is 9.46. The van der Waals surface area contributed by atoms with Crippen molar-refractivity contribution in [3.63, 3.8) is 0 Å². The molecule has 0 aliphatic rings. The molecule has 0 radical (unpaired) electrons. The quantitative estimate of drug-likeness (QED) is 0.252. The van der Waals surface area contributed by atoms with Crippen LogP contribution >= 0.6 is 0 Å². The zero-order valence-corrected chi connectivity index (χ0v) is 17.1. The van der Waals surface area contributed by atoms with Crippen LogP contribution in [-0.2, 0) is 9.53 Å². The lowest BCUT2D eigenvalue weighted by Gasteiger charge is -2.09. The second kappa shape index (κ2) is 10.5. The molecule has 0 aliphatic carbocycles. The van der Waals surface area contributed by atoms with E-state index in [0.717, 1.165) is 17.2 Å². The van der Waals surface area contributed by atoms with E-state index >= 15 is 0 Å². The number of ether oxygens (including phenoxy) is 2. The number of benzene rings is 3. The minimum absolute atomic E-state index is 0.00739. The highest BCUT2D eigenvalue weighted by Crippen LogP contribution is 2.27. The van der Waals surface area contributed by atoms with Crippen molar-refractivity contribution in [3.05, 3.63) is 106 Å². The van der Waals surface area contributed by atoms with Crippen LogP contribution in [-0.4, -0.2) is 36.2 Å². The van der Waals surface area contributed by atoms with E-state index in [4.69, 9.17) is 9.47 Å². The molecule has 0 atom stereocenters. The Bertz CT molecular complexity index is 1110. The van der Waals surface area contributed by atoms with Crippen LogP contribution < -0.4 is 10.2 Å². The molecule has 3 rings (SSSR count). The molecule has 9 heteroatoms. The van der Waals surface area contributed by atoms with Gasteiger partial charge in [0, 0.05) is 17.2 Å². The molecule has 0 spiro atoms. The van der Waals surface area contributed by atoms with Gasteiger partial charge in [-0.3, -0.25) is 14.9 Å². The highest BCUT2D eigenvalue weighted by Gasteiger charge is 2.19. The average molecular weight is 433 g/mol. The average Bonchev–Trinajstić information content (AvgIpc) is 2.83. The number of amides is 1. The summed E-state index contributed by atoms with van der Waals surface area (Å²) >= 11 is 0. The Hall–Kier alpha value is -4.53. The van der Waals surface area contributed by atoms with Gasteiger partial charge in [-0.1, -0.05) is 60.7 Å². The van der Waals surface area contributed by atoms with Crippen LogP contribution in [0.25, 0.3) is 0 Å². The maximum Gasteiger partial charge on any atom is 0.338 e. The Balaban J connectivity index is 1.68. The molecule has 1 amide bonds. The van der Waals surface area contributed by atoms with Gasteiger partial charge in [-0.25, -0.2) is 10.2 Å². The molecule has 1 N–H and O–H groups in total. The van der Waals surface area contributed by atoms with E-state index in [1.54, 1.807) is 0 Å². The van der Waals surface area contributed by atoms with Crippen LogP contribution in [0.2, 0.25) is 0 Å². The third kappa shape index (κ3) is 5.54. The van der Waals surface area contributed by atoms with Crippen LogP contribution in [0.5, 0.6) is 5.75 Å². The van der Waals surface area contributed by atoms with Gasteiger partial charge in [0.05, 0.1) is 23.3 Å². The summed E-state index contributed by atoms with van der Waals surface area (Å²) in [6.45, 7) is -0.612. The number of hydrazone groups is 1. The lowest BCUT2D eigenvalue weighted by molar-refractivity contribution is -0.385. The molecule has 0 heterocycles. The lowest BCUT2D eigenvalue weighted by Crippen LogP contribution is -2.26. The largest absolute Gasteiger partial charge is 0.490 e. The van der Waals surface area contributed by atoms with E-state index in [-0.39, 0.29) is 17.0 Å². The maximum atomic E-state index is 12.2. The Morgan fingerprint density at radius 3 is 2.06 bits per heavy atom. The zero-order valence-electron chi connectivity index (χ0n) is 17.1. The summed E-state index contributed by atoms with van der Waals surface area (Å²) in [5.74, 6) is -1.54. The van der Waals surface area contributed by atoms with Crippen LogP contribution in [0, 0.1) is 10.1 Å². The van der Waals surface area contributed by atoms with Gasteiger partial charge in [-0.05, 0) is 12.1 Å². The van der Waals surface area contributed by atoms with Crippen LogP contribution in [0.15, 0.2) is 84.0 Å². The highest BCUT2D eigenvalue weighted by atomic mass is 16.6. The summed E-state index contributed by atoms with van der Waals surface area (Å²) in [6, 6.07) is 22.2. The number of carbonyl (C=O) groups is 2. The van der Waals surface area contributed by atoms with Crippen LogP contribution in [0.3, 0.4) is 0 Å². The van der Waals surface area contributed by atoms with E-state index in [1.165, 1.54) is 19.2 Å². The molecule has 0 unspecified atom stereocenters. The topological polar surface area (TPSA) is 120 Å². The van der Waals surface area contributed by atoms with E-state index < -0.39 is 23.4 Å². The van der Waals surface area contributed by atoms with Gasteiger partial charge >= 0.3 is 11.7 Å². The number of rotatable bonds is 8. The number of carbonyl (C=O) groups excluding carboxylic acids is 2. The minimum Gasteiger partial charge on any atom is -0.490 e. The summed E-state index contributed by atoms with van der Waals surface area (Å²) in [5, 5.41) is 15.3. The molecule has 0 fully saturated rings. The standard InChI is InChI=1S/C23H19N3O6/c1-31-20-13-12-18(14-19(20)26(29)30)23(28)32-15-21(27)24-25-22(16-8-4-2-5-9-16)17-10-6-3-7-11-17/h2-14H,15H2,1H3,(H,24,27). The fraction of sp³-hybridized carbons (Fsp3) is 0.0870. The molecule has 0 aromatic heterocycles. The fourth-order valence-electron chi connectivity index (χ4n) is 2.81. The first-order valence-electron chi connectivity index (χ1n) is 9.46. The van der Waals surface area contributed by atoms with Crippen LogP contribution in [0.1, 0.15) is 21.5 Å². The Labute approximate surface area is 183 Å². The van der Waals surface area contributed by atoms with Crippen molar-refractivity contribution in [1.82, 2.24) is 5.43 Å². The van der Waals surface area contributed by atoms with Crippen molar-refractivity contribution in [1.29, 1.82) is 0 Å². The van der Waals surface area contributed by atoms with Gasteiger partial charge in [0.1, 0.15) is 0 Å². The molecule has 3 aromatic rings. The molecule has 0 bridgehead atoms. The number of esters is 1. The van der Waals surface area contributed by atoms with Gasteiger partial charge in [0.25, 0.3) is 5.91 Å². The zero-order chi connectivity index (χ0) is 22.9. The van der Waals surface area contributed by atoms with Gasteiger partial charge < -0.3 is 9.47 Å². The Kier molecular flexibility index (Phi) is 7.26. The Morgan fingerprint density at radius 2 is 1.53 bits per heavy atom. The summed E-state index contributed by atoms with van der Waals surface area (Å²) in [7, 11) is 1.28. The van der Waals surface area contributed by atoms with Crippen molar-refractivity contribution in [2.45, 2.75) is 0 Å². The normalized spacial score (nSPS) is 10.0. The molecule has 0 aliphatic heterocycles. The Morgan fingerprint density at radius 1 is 0.938 bits per heavy atom. The van der Waals surface area contributed by atoms with Crippen molar-refractivity contribution >= 4 is 23.3 Å². The first-order chi connectivity index (χ1) is 15.5. The van der Waals surface area contributed by atoms with Gasteiger partial charge in [0.15, 0.2) is 12.4 Å². The third-order valence-electron chi connectivity index (χ3n) is 4.33. The molecule has 32 heavy (non-hydrogen) atoms. The number of nitro benzene ring substituents is 1. The predicted molar refractivity (Wildman–Crippen MR) is 117 cm³/mol. The van der Waals surface area contributed by atoms with Gasteiger partial charge in [-0.2, -0.15) is 5.10 Å². The number of nitrogens with zero attached hydrogens (tertiary/aromatic N) is 2. The molecular weight excluding hydrogens is 414 g/mol. The third-order valence-corrected chi connectivity index (χ3v) is 4.33. The maximum absolute atomic E-state index is 12.2. The predicted octanol–water partition coefficient (Wildman–Crippen LogP) is 3.33. The molecular formula is C23H19N3O6. The molecule has 9 nitrogen and oxygen atoms in total. The summed E-state index contributed by atoms with van der Waals surface area (Å²) < 4.78 is 9.85. The summed E-state index contributed by atoms with van der Waals surface area (Å²) in [6.07, 6.45) is 0. The number of hydrogen-bond donors (Lipinski definition) is 1. The second-order valence-corrected chi connectivity index (χ2v) is 6.45. The van der Waals surface area contributed by atoms with Gasteiger partial charge in [-0.15, -0.1) is 0 Å². The molecule has 162 valence electrons. The number of hydrogen-bond acceptors (Lipinski definition) is 7.